The number of nitrogens with zero attached hydrogens (tertiary/aromatic N) is 3. The van der Waals surface area contributed by atoms with Crippen molar-refractivity contribution in [1.29, 1.82) is 0 Å². The second kappa shape index (κ2) is 22.1. The third-order valence-electron chi connectivity index (χ3n) is 6.41. The van der Waals surface area contributed by atoms with Crippen LogP contribution in [0.4, 0.5) is 0 Å². The highest BCUT2D eigenvalue weighted by atomic mass is 16.4. The normalized spacial score (nSPS) is 12.2. The third kappa shape index (κ3) is 20.8. The van der Waals surface area contributed by atoms with Crippen LogP contribution in [0.1, 0.15) is 77.6 Å². The Morgan fingerprint density at radius 2 is 0.897 bits per heavy atom. The van der Waals surface area contributed by atoms with Crippen molar-refractivity contribution < 1.29 is 49.5 Å². The van der Waals surface area contributed by atoms with Gasteiger partial charge in [0.15, 0.2) is 0 Å². The first kappa shape index (κ1) is 36.2. The Balaban J connectivity index is 4.99. The van der Waals surface area contributed by atoms with Crippen molar-refractivity contribution in [3.05, 3.63) is 0 Å². The molecule has 0 spiro atoms. The minimum atomic E-state index is -1.23. The predicted molar refractivity (Wildman–Crippen MR) is 143 cm³/mol. The lowest BCUT2D eigenvalue weighted by atomic mass is 10.0. The molecule has 39 heavy (non-hydrogen) atoms. The van der Waals surface area contributed by atoms with Gasteiger partial charge >= 0.3 is 29.8 Å². The van der Waals surface area contributed by atoms with Crippen molar-refractivity contribution in [2.75, 3.05) is 52.4 Å². The summed E-state index contributed by atoms with van der Waals surface area (Å²) >= 11 is 0. The van der Waals surface area contributed by atoms with E-state index in [0.717, 1.165) is 30.6 Å². The summed E-state index contributed by atoms with van der Waals surface area (Å²) in [4.78, 5) is 60.7. The first-order valence-corrected chi connectivity index (χ1v) is 13.7. The molecule has 0 aliphatic carbocycles. The molecule has 0 aromatic carbocycles. The van der Waals surface area contributed by atoms with E-state index in [2.05, 4.69) is 6.92 Å². The quantitative estimate of drug-likeness (QED) is 0.0914. The first-order valence-electron chi connectivity index (χ1n) is 13.7. The predicted octanol–water partition coefficient (Wildman–Crippen LogP) is 2.00. The Hall–Kier alpha value is -2.77. The van der Waals surface area contributed by atoms with Crippen molar-refractivity contribution in [2.24, 2.45) is 0 Å². The molecule has 0 aliphatic rings. The SMILES string of the molecule is CCCCCCCCCCCCC(C(=O)O)N(CCN(CCN(CC(=O)O)CC(=O)O)CC(=O)O)CC(=O)O. The van der Waals surface area contributed by atoms with Gasteiger partial charge in [-0.3, -0.25) is 38.7 Å². The third-order valence-corrected chi connectivity index (χ3v) is 6.41. The monoisotopic (exact) mass is 561 g/mol. The Morgan fingerprint density at radius 3 is 1.33 bits per heavy atom. The fourth-order valence-corrected chi connectivity index (χ4v) is 4.42. The topological polar surface area (TPSA) is 196 Å². The second-order valence-corrected chi connectivity index (χ2v) is 9.86. The Labute approximate surface area is 230 Å². The molecule has 13 nitrogen and oxygen atoms in total. The number of carboxylic acid groups (broad SMARTS) is 5. The smallest absolute Gasteiger partial charge is 0.320 e. The van der Waals surface area contributed by atoms with Crippen LogP contribution in [0, 0.1) is 0 Å². The Kier molecular flexibility index (Phi) is 20.5. The zero-order valence-corrected chi connectivity index (χ0v) is 23.1. The molecular formula is C26H47N3O10. The van der Waals surface area contributed by atoms with Crippen molar-refractivity contribution in [1.82, 2.24) is 14.7 Å². The van der Waals surface area contributed by atoms with Crippen LogP contribution in [-0.2, 0) is 24.0 Å². The van der Waals surface area contributed by atoms with Gasteiger partial charge in [-0.15, -0.1) is 0 Å². The van der Waals surface area contributed by atoms with Gasteiger partial charge in [0.05, 0.1) is 26.2 Å². The highest BCUT2D eigenvalue weighted by Crippen LogP contribution is 2.15. The number of carbonyl (C=O) groups is 5. The largest absolute Gasteiger partial charge is 0.480 e. The van der Waals surface area contributed by atoms with Crippen LogP contribution in [-0.4, -0.2) is 128 Å². The number of carboxylic acids is 5. The van der Waals surface area contributed by atoms with E-state index in [9.17, 15) is 39.3 Å². The van der Waals surface area contributed by atoms with E-state index in [4.69, 9.17) is 10.2 Å². The van der Waals surface area contributed by atoms with E-state index in [1.54, 1.807) is 0 Å². The van der Waals surface area contributed by atoms with Crippen LogP contribution < -0.4 is 0 Å². The van der Waals surface area contributed by atoms with Crippen molar-refractivity contribution in [2.45, 2.75) is 83.6 Å². The van der Waals surface area contributed by atoms with E-state index in [1.807, 2.05) is 0 Å². The standard InChI is InChI=1S/C26H47N3O10/c1-2-3-4-5-6-7-8-9-10-11-12-21(26(38)39)29(20-25(36)37)16-15-27(17-22(30)31)13-14-28(18-23(32)33)19-24(34)35/h21H,2-20H2,1H3,(H,30,31)(H,32,33)(H,34,35)(H,36,37)(H,38,39). The number of unbranched alkanes of at least 4 members (excludes halogenated alkanes) is 9. The molecule has 0 heterocycles. The highest BCUT2D eigenvalue weighted by Gasteiger charge is 2.27. The molecule has 226 valence electrons. The Morgan fingerprint density at radius 1 is 0.513 bits per heavy atom. The van der Waals surface area contributed by atoms with Crippen LogP contribution in [0.3, 0.4) is 0 Å². The fraction of sp³-hybridized carbons (Fsp3) is 0.808. The molecule has 0 aliphatic heterocycles. The van der Waals surface area contributed by atoms with Crippen LogP contribution >= 0.6 is 0 Å². The lowest BCUT2D eigenvalue weighted by Gasteiger charge is -2.31. The van der Waals surface area contributed by atoms with Crippen LogP contribution in [0.25, 0.3) is 0 Å². The van der Waals surface area contributed by atoms with Gasteiger partial charge in [0.1, 0.15) is 6.04 Å². The maximum atomic E-state index is 12.0. The van der Waals surface area contributed by atoms with E-state index in [1.165, 1.54) is 41.9 Å². The Bertz CT molecular complexity index is 733. The molecule has 0 aromatic heterocycles. The molecule has 1 atom stereocenters. The van der Waals surface area contributed by atoms with Gasteiger partial charge in [-0.1, -0.05) is 71.1 Å². The molecule has 0 aromatic rings. The van der Waals surface area contributed by atoms with E-state index in [-0.39, 0.29) is 32.6 Å². The fourth-order valence-electron chi connectivity index (χ4n) is 4.42. The summed E-state index contributed by atoms with van der Waals surface area (Å²) in [5.41, 5.74) is 0. The van der Waals surface area contributed by atoms with Gasteiger partial charge < -0.3 is 25.5 Å². The average Bonchev–Trinajstić information content (AvgIpc) is 2.82. The first-order chi connectivity index (χ1) is 18.5. The summed E-state index contributed by atoms with van der Waals surface area (Å²) < 4.78 is 0. The molecule has 13 heteroatoms. The van der Waals surface area contributed by atoms with Crippen LogP contribution in [0.5, 0.6) is 0 Å². The van der Waals surface area contributed by atoms with E-state index < -0.39 is 62.1 Å². The van der Waals surface area contributed by atoms with Gasteiger partial charge in [-0.2, -0.15) is 0 Å². The highest BCUT2D eigenvalue weighted by molar-refractivity contribution is 5.75. The molecule has 0 saturated heterocycles. The minimum Gasteiger partial charge on any atom is -0.480 e. The van der Waals surface area contributed by atoms with Gasteiger partial charge in [0, 0.05) is 26.2 Å². The number of hydrogen-bond donors (Lipinski definition) is 5. The molecule has 0 rings (SSSR count). The summed E-state index contributed by atoms with van der Waals surface area (Å²) in [6.45, 7) is 0.0371. The zero-order valence-electron chi connectivity index (χ0n) is 23.1. The zero-order chi connectivity index (χ0) is 29.6. The average molecular weight is 562 g/mol. The van der Waals surface area contributed by atoms with Crippen molar-refractivity contribution in [3.8, 4) is 0 Å². The lowest BCUT2D eigenvalue weighted by Crippen LogP contribution is -2.49. The van der Waals surface area contributed by atoms with Gasteiger partial charge in [-0.25, -0.2) is 0 Å². The van der Waals surface area contributed by atoms with Crippen molar-refractivity contribution >= 4 is 29.8 Å². The van der Waals surface area contributed by atoms with Gasteiger partial charge in [-0.05, 0) is 6.42 Å². The van der Waals surface area contributed by atoms with Crippen molar-refractivity contribution in [3.63, 3.8) is 0 Å². The summed E-state index contributed by atoms with van der Waals surface area (Å²) in [5.74, 6) is -5.99. The molecule has 1 unspecified atom stereocenters. The number of aliphatic carboxylic acids is 5. The van der Waals surface area contributed by atoms with Crippen LogP contribution in [0.2, 0.25) is 0 Å². The molecule has 0 saturated carbocycles. The molecule has 0 fully saturated rings. The molecular weight excluding hydrogens is 514 g/mol. The summed E-state index contributed by atoms with van der Waals surface area (Å²) in [7, 11) is 0. The summed E-state index contributed by atoms with van der Waals surface area (Å²) in [6.07, 6.45) is 11.1. The van der Waals surface area contributed by atoms with E-state index >= 15 is 0 Å². The molecule has 0 radical (unpaired) electrons. The molecule has 0 bridgehead atoms. The number of rotatable bonds is 27. The molecule has 5 N–H and O–H groups in total. The van der Waals surface area contributed by atoms with E-state index in [0.29, 0.717) is 6.42 Å². The summed E-state index contributed by atoms with van der Waals surface area (Å²) in [5, 5.41) is 46.4. The maximum absolute atomic E-state index is 12.0. The molecule has 0 amide bonds. The van der Waals surface area contributed by atoms with Crippen LogP contribution in [0.15, 0.2) is 0 Å². The van der Waals surface area contributed by atoms with Gasteiger partial charge in [0.25, 0.3) is 0 Å². The number of hydrogen-bond acceptors (Lipinski definition) is 8. The summed E-state index contributed by atoms with van der Waals surface area (Å²) in [6, 6.07) is -1.04. The maximum Gasteiger partial charge on any atom is 0.320 e. The van der Waals surface area contributed by atoms with Gasteiger partial charge in [0.2, 0.25) is 0 Å². The minimum absolute atomic E-state index is 0.00392. The second-order valence-electron chi connectivity index (χ2n) is 9.86. The lowest BCUT2D eigenvalue weighted by molar-refractivity contribution is -0.147.